The van der Waals surface area contributed by atoms with Crippen LogP contribution in [0.1, 0.15) is 16.7 Å². The topological polar surface area (TPSA) is 50.9 Å². The molecule has 2 aromatic carbocycles. The Bertz CT molecular complexity index is 665. The van der Waals surface area contributed by atoms with Gasteiger partial charge in [0.2, 0.25) is 0 Å². The normalized spacial score (nSPS) is 13.2. The Morgan fingerprint density at radius 1 is 1.11 bits per heavy atom. The summed E-state index contributed by atoms with van der Waals surface area (Å²) in [4.78, 5) is 1.99. The van der Waals surface area contributed by atoms with Crippen LogP contribution in [0.15, 0.2) is 48.5 Å². The van der Waals surface area contributed by atoms with Crippen molar-refractivity contribution in [3.8, 4) is 6.07 Å². The number of nitrogens with zero attached hydrogens (tertiary/aromatic N) is 2. The molecule has 1 heterocycles. The Balaban J connectivity index is 1.89. The fourth-order valence-electron chi connectivity index (χ4n) is 2.39. The second-order valence-electron chi connectivity index (χ2n) is 4.59. The number of amidine groups is 1. The predicted molar refractivity (Wildman–Crippen MR) is 75.2 cm³/mol. The summed E-state index contributed by atoms with van der Waals surface area (Å²) >= 11 is 0. The second kappa shape index (κ2) is 4.58. The monoisotopic (exact) mass is 247 g/mol. The van der Waals surface area contributed by atoms with E-state index in [0.717, 1.165) is 23.4 Å². The fourth-order valence-corrected chi connectivity index (χ4v) is 2.39. The van der Waals surface area contributed by atoms with Gasteiger partial charge in [-0.15, -0.1) is 0 Å². The van der Waals surface area contributed by atoms with Crippen LogP contribution in [0.2, 0.25) is 0 Å². The minimum absolute atomic E-state index is 0.429. The third-order valence-electron chi connectivity index (χ3n) is 3.40. The summed E-state index contributed by atoms with van der Waals surface area (Å²) in [5, 5.41) is 16.9. The van der Waals surface area contributed by atoms with Crippen molar-refractivity contribution in [1.29, 1.82) is 10.7 Å². The molecule has 0 aromatic heterocycles. The summed E-state index contributed by atoms with van der Waals surface area (Å²) in [6, 6.07) is 18.0. The van der Waals surface area contributed by atoms with Gasteiger partial charge in [0.1, 0.15) is 5.84 Å². The highest BCUT2D eigenvalue weighted by Gasteiger charge is 2.24. The van der Waals surface area contributed by atoms with E-state index in [1.807, 2.05) is 47.4 Å². The lowest BCUT2D eigenvalue weighted by atomic mass is 10.1. The number of hydrogen-bond donors (Lipinski definition) is 1. The molecule has 0 fully saturated rings. The average Bonchev–Trinajstić information content (AvgIpc) is 2.78. The number of benzene rings is 2. The smallest absolute Gasteiger partial charge is 0.133 e. The van der Waals surface area contributed by atoms with Crippen LogP contribution >= 0.6 is 0 Å². The fraction of sp³-hybridized carbons (Fsp3) is 0.125. The molecule has 92 valence electrons. The predicted octanol–water partition coefficient (Wildman–Crippen LogP) is 3.10. The van der Waals surface area contributed by atoms with Gasteiger partial charge in [0.05, 0.1) is 19.0 Å². The van der Waals surface area contributed by atoms with Gasteiger partial charge < -0.3 is 4.90 Å². The van der Waals surface area contributed by atoms with Gasteiger partial charge in [-0.25, -0.2) is 0 Å². The highest BCUT2D eigenvalue weighted by molar-refractivity contribution is 6.11. The van der Waals surface area contributed by atoms with Crippen molar-refractivity contribution in [2.24, 2.45) is 0 Å². The summed E-state index contributed by atoms with van der Waals surface area (Å²) in [6.45, 7) is 0.743. The number of nitrogens with one attached hydrogen (secondary N) is 1. The van der Waals surface area contributed by atoms with Gasteiger partial charge in [-0.2, -0.15) is 5.26 Å². The zero-order valence-corrected chi connectivity index (χ0v) is 10.4. The largest absolute Gasteiger partial charge is 0.322 e. The number of rotatable bonds is 2. The molecule has 0 amide bonds. The van der Waals surface area contributed by atoms with E-state index < -0.39 is 0 Å². The first-order valence-corrected chi connectivity index (χ1v) is 6.20. The third kappa shape index (κ3) is 1.98. The van der Waals surface area contributed by atoms with Crippen LogP contribution in [0.25, 0.3) is 0 Å². The summed E-state index contributed by atoms with van der Waals surface area (Å²) in [5.41, 5.74) is 4.20. The van der Waals surface area contributed by atoms with Gasteiger partial charge in [0.25, 0.3) is 0 Å². The Morgan fingerprint density at radius 3 is 2.53 bits per heavy atom. The third-order valence-corrected chi connectivity index (χ3v) is 3.40. The van der Waals surface area contributed by atoms with Crippen LogP contribution in [-0.2, 0) is 13.0 Å². The molecule has 1 aliphatic heterocycles. The number of nitriles is 1. The summed E-state index contributed by atoms with van der Waals surface area (Å²) in [5.74, 6) is 0.545. The van der Waals surface area contributed by atoms with E-state index in [2.05, 4.69) is 12.1 Å². The van der Waals surface area contributed by atoms with Gasteiger partial charge in [-0.3, -0.25) is 5.41 Å². The molecular weight excluding hydrogens is 234 g/mol. The van der Waals surface area contributed by atoms with E-state index in [0.29, 0.717) is 12.3 Å². The average molecular weight is 247 g/mol. The van der Waals surface area contributed by atoms with Gasteiger partial charge in [-0.05, 0) is 23.3 Å². The lowest BCUT2D eigenvalue weighted by molar-refractivity contribution is 1.04. The van der Waals surface area contributed by atoms with E-state index in [-0.39, 0.29) is 0 Å². The molecule has 1 N–H and O–H groups in total. The zero-order chi connectivity index (χ0) is 13.2. The molecule has 0 saturated carbocycles. The molecule has 2 aromatic rings. The highest BCUT2D eigenvalue weighted by Crippen LogP contribution is 2.28. The summed E-state index contributed by atoms with van der Waals surface area (Å²) in [6.07, 6.45) is 0.429. The molecule has 0 atom stereocenters. The van der Waals surface area contributed by atoms with E-state index >= 15 is 0 Å². The Kier molecular flexibility index (Phi) is 2.77. The quantitative estimate of drug-likeness (QED) is 0.886. The van der Waals surface area contributed by atoms with Crippen LogP contribution in [-0.4, -0.2) is 5.84 Å². The SMILES string of the molecule is N#CCc1ccc(N2Cc3ccccc3C2=N)cc1. The first kappa shape index (κ1) is 11.5. The minimum Gasteiger partial charge on any atom is -0.322 e. The first-order valence-electron chi connectivity index (χ1n) is 6.20. The van der Waals surface area contributed by atoms with Crippen molar-refractivity contribution in [3.05, 3.63) is 65.2 Å². The lowest BCUT2D eigenvalue weighted by Gasteiger charge is -2.18. The van der Waals surface area contributed by atoms with Crippen molar-refractivity contribution < 1.29 is 0 Å². The molecule has 0 radical (unpaired) electrons. The van der Waals surface area contributed by atoms with Crippen LogP contribution in [0, 0.1) is 16.7 Å². The van der Waals surface area contributed by atoms with E-state index in [1.54, 1.807) is 0 Å². The molecule has 1 aliphatic rings. The van der Waals surface area contributed by atoms with Crippen molar-refractivity contribution in [2.45, 2.75) is 13.0 Å². The molecule has 0 unspecified atom stereocenters. The van der Waals surface area contributed by atoms with E-state index in [4.69, 9.17) is 10.7 Å². The van der Waals surface area contributed by atoms with Crippen LogP contribution in [0.4, 0.5) is 5.69 Å². The van der Waals surface area contributed by atoms with Crippen LogP contribution in [0.3, 0.4) is 0 Å². The molecule has 0 saturated heterocycles. The van der Waals surface area contributed by atoms with Crippen molar-refractivity contribution >= 4 is 11.5 Å². The molecule has 3 heteroatoms. The Labute approximate surface area is 112 Å². The molecule has 3 rings (SSSR count). The maximum absolute atomic E-state index is 8.67. The second-order valence-corrected chi connectivity index (χ2v) is 4.59. The van der Waals surface area contributed by atoms with E-state index in [1.165, 1.54) is 5.56 Å². The molecule has 0 bridgehead atoms. The number of fused-ring (bicyclic) bond motifs is 1. The molecule has 19 heavy (non-hydrogen) atoms. The Hall–Kier alpha value is -2.60. The van der Waals surface area contributed by atoms with Gasteiger partial charge >= 0.3 is 0 Å². The van der Waals surface area contributed by atoms with Crippen LogP contribution in [0.5, 0.6) is 0 Å². The van der Waals surface area contributed by atoms with E-state index in [9.17, 15) is 0 Å². The minimum atomic E-state index is 0.429. The van der Waals surface area contributed by atoms with Crippen molar-refractivity contribution in [2.75, 3.05) is 4.90 Å². The van der Waals surface area contributed by atoms with Gasteiger partial charge in [0.15, 0.2) is 0 Å². The lowest BCUT2D eigenvalue weighted by Crippen LogP contribution is -2.22. The molecule has 0 spiro atoms. The molecule has 3 nitrogen and oxygen atoms in total. The number of hydrogen-bond acceptors (Lipinski definition) is 2. The highest BCUT2D eigenvalue weighted by atomic mass is 15.2. The zero-order valence-electron chi connectivity index (χ0n) is 10.4. The van der Waals surface area contributed by atoms with Gasteiger partial charge in [-0.1, -0.05) is 36.4 Å². The standard InChI is InChI=1S/C16H13N3/c17-10-9-12-5-7-14(8-6-12)19-11-13-3-1-2-4-15(13)16(19)18/h1-8,18H,9,11H2. The molecule has 0 aliphatic carbocycles. The van der Waals surface area contributed by atoms with Crippen molar-refractivity contribution in [1.82, 2.24) is 0 Å². The summed E-state index contributed by atoms with van der Waals surface area (Å²) < 4.78 is 0. The first-order chi connectivity index (χ1) is 9.29. The maximum Gasteiger partial charge on any atom is 0.133 e. The Morgan fingerprint density at radius 2 is 1.84 bits per heavy atom. The molecular formula is C16H13N3. The van der Waals surface area contributed by atoms with Gasteiger partial charge in [0, 0.05) is 11.3 Å². The maximum atomic E-state index is 8.67. The van der Waals surface area contributed by atoms with Crippen LogP contribution < -0.4 is 4.90 Å². The summed E-state index contributed by atoms with van der Waals surface area (Å²) in [7, 11) is 0. The van der Waals surface area contributed by atoms with Crippen molar-refractivity contribution in [3.63, 3.8) is 0 Å². The number of anilines is 1.